The molecule has 0 aliphatic rings. The van der Waals surface area contributed by atoms with Crippen LogP contribution in [-0.2, 0) is 0 Å². The summed E-state index contributed by atoms with van der Waals surface area (Å²) in [6.45, 7) is 8.07. The Bertz CT molecular complexity index is 357. The molecule has 0 heterocycles. The standard InChI is InChI=1S/C13H19BrFNO/c1-9(2)7-16-8-10(3)17-11-4-5-13(15)12(14)6-11/h4-6,9-10,16H,7-8H2,1-3H3. The summed E-state index contributed by atoms with van der Waals surface area (Å²) in [4.78, 5) is 0. The molecule has 0 saturated heterocycles. The maximum absolute atomic E-state index is 13.0. The Morgan fingerprint density at radius 1 is 1.29 bits per heavy atom. The van der Waals surface area contributed by atoms with Crippen molar-refractivity contribution in [1.82, 2.24) is 5.32 Å². The number of ether oxygens (including phenoxy) is 1. The van der Waals surface area contributed by atoms with Gasteiger partial charge < -0.3 is 10.1 Å². The molecule has 17 heavy (non-hydrogen) atoms. The van der Waals surface area contributed by atoms with E-state index in [0.717, 1.165) is 13.1 Å². The minimum Gasteiger partial charge on any atom is -0.489 e. The first-order chi connectivity index (χ1) is 7.99. The highest BCUT2D eigenvalue weighted by molar-refractivity contribution is 9.10. The highest BCUT2D eigenvalue weighted by atomic mass is 79.9. The molecule has 0 aromatic heterocycles. The zero-order valence-corrected chi connectivity index (χ0v) is 12.1. The van der Waals surface area contributed by atoms with Crippen LogP contribution in [0.15, 0.2) is 22.7 Å². The monoisotopic (exact) mass is 303 g/mol. The molecular formula is C13H19BrFNO. The summed E-state index contributed by atoms with van der Waals surface area (Å²) in [5.74, 6) is 1.03. The fourth-order valence-corrected chi connectivity index (χ4v) is 1.76. The molecular weight excluding hydrogens is 285 g/mol. The molecule has 4 heteroatoms. The molecule has 1 rings (SSSR count). The van der Waals surface area contributed by atoms with Gasteiger partial charge >= 0.3 is 0 Å². The van der Waals surface area contributed by atoms with Crippen LogP contribution in [0.3, 0.4) is 0 Å². The van der Waals surface area contributed by atoms with E-state index < -0.39 is 0 Å². The van der Waals surface area contributed by atoms with E-state index >= 15 is 0 Å². The zero-order valence-electron chi connectivity index (χ0n) is 10.5. The summed E-state index contributed by atoms with van der Waals surface area (Å²) in [7, 11) is 0. The lowest BCUT2D eigenvalue weighted by Crippen LogP contribution is -2.31. The van der Waals surface area contributed by atoms with Gasteiger partial charge in [0.2, 0.25) is 0 Å². The maximum atomic E-state index is 13.0. The fraction of sp³-hybridized carbons (Fsp3) is 0.538. The van der Waals surface area contributed by atoms with E-state index in [1.165, 1.54) is 6.07 Å². The third kappa shape index (κ3) is 5.50. The topological polar surface area (TPSA) is 21.3 Å². The van der Waals surface area contributed by atoms with Crippen molar-refractivity contribution in [3.8, 4) is 5.75 Å². The third-order valence-corrected chi connectivity index (χ3v) is 2.82. The molecule has 1 atom stereocenters. The lowest BCUT2D eigenvalue weighted by molar-refractivity contribution is 0.215. The van der Waals surface area contributed by atoms with Crippen molar-refractivity contribution in [1.29, 1.82) is 0 Å². The van der Waals surface area contributed by atoms with Gasteiger partial charge in [-0.05, 0) is 53.5 Å². The normalized spacial score (nSPS) is 12.8. The summed E-state index contributed by atoms with van der Waals surface area (Å²) in [5.41, 5.74) is 0. The fourth-order valence-electron chi connectivity index (χ4n) is 1.40. The number of rotatable bonds is 6. The molecule has 0 spiro atoms. The van der Waals surface area contributed by atoms with Gasteiger partial charge in [0.05, 0.1) is 4.47 Å². The van der Waals surface area contributed by atoms with Crippen LogP contribution in [0.5, 0.6) is 5.75 Å². The van der Waals surface area contributed by atoms with Crippen molar-refractivity contribution in [2.75, 3.05) is 13.1 Å². The molecule has 0 bridgehead atoms. The Morgan fingerprint density at radius 3 is 2.59 bits per heavy atom. The van der Waals surface area contributed by atoms with Gasteiger partial charge in [0.1, 0.15) is 17.7 Å². The second-order valence-corrected chi connectivity index (χ2v) is 5.41. The molecule has 0 amide bonds. The number of hydrogen-bond acceptors (Lipinski definition) is 2. The summed E-state index contributed by atoms with van der Waals surface area (Å²) in [5, 5.41) is 3.32. The highest BCUT2D eigenvalue weighted by Gasteiger charge is 2.06. The molecule has 96 valence electrons. The molecule has 0 aliphatic heterocycles. The number of halogens is 2. The van der Waals surface area contributed by atoms with Crippen LogP contribution in [-0.4, -0.2) is 19.2 Å². The van der Waals surface area contributed by atoms with Gasteiger partial charge in [0, 0.05) is 6.54 Å². The molecule has 1 aromatic carbocycles. The van der Waals surface area contributed by atoms with Gasteiger partial charge in [-0.2, -0.15) is 0 Å². The second-order valence-electron chi connectivity index (χ2n) is 4.56. The quantitative estimate of drug-likeness (QED) is 0.867. The smallest absolute Gasteiger partial charge is 0.137 e. The molecule has 0 fully saturated rings. The lowest BCUT2D eigenvalue weighted by atomic mass is 10.2. The van der Waals surface area contributed by atoms with E-state index in [1.54, 1.807) is 12.1 Å². The van der Waals surface area contributed by atoms with E-state index in [0.29, 0.717) is 16.1 Å². The third-order valence-electron chi connectivity index (χ3n) is 2.21. The first-order valence-electron chi connectivity index (χ1n) is 5.81. The molecule has 2 nitrogen and oxygen atoms in total. The zero-order chi connectivity index (χ0) is 12.8. The molecule has 1 aromatic rings. The SMILES string of the molecule is CC(C)CNCC(C)Oc1ccc(F)c(Br)c1. The Labute approximate surface area is 111 Å². The largest absolute Gasteiger partial charge is 0.489 e. The average molecular weight is 304 g/mol. The summed E-state index contributed by atoms with van der Waals surface area (Å²) in [6, 6.07) is 4.68. The van der Waals surface area contributed by atoms with Crippen LogP contribution in [0.2, 0.25) is 0 Å². The molecule has 0 radical (unpaired) electrons. The second kappa shape index (κ2) is 6.97. The highest BCUT2D eigenvalue weighted by Crippen LogP contribution is 2.22. The van der Waals surface area contributed by atoms with E-state index in [-0.39, 0.29) is 11.9 Å². The summed E-state index contributed by atoms with van der Waals surface area (Å²) in [6.07, 6.45) is 0.0612. The average Bonchev–Trinajstić information content (AvgIpc) is 2.23. The number of benzene rings is 1. The molecule has 0 saturated carbocycles. The minimum absolute atomic E-state index is 0.0612. The Balaban J connectivity index is 2.39. The van der Waals surface area contributed by atoms with Gasteiger partial charge in [0.25, 0.3) is 0 Å². The Morgan fingerprint density at radius 2 is 2.00 bits per heavy atom. The van der Waals surface area contributed by atoms with Gasteiger partial charge in [0.15, 0.2) is 0 Å². The van der Waals surface area contributed by atoms with Crippen molar-refractivity contribution in [2.24, 2.45) is 5.92 Å². The van der Waals surface area contributed by atoms with E-state index in [9.17, 15) is 4.39 Å². The summed E-state index contributed by atoms with van der Waals surface area (Å²) >= 11 is 3.14. The lowest BCUT2D eigenvalue weighted by Gasteiger charge is -2.16. The van der Waals surface area contributed by atoms with Crippen molar-refractivity contribution in [2.45, 2.75) is 26.9 Å². The van der Waals surface area contributed by atoms with Gasteiger partial charge in [-0.15, -0.1) is 0 Å². The van der Waals surface area contributed by atoms with Crippen molar-refractivity contribution in [3.63, 3.8) is 0 Å². The van der Waals surface area contributed by atoms with Gasteiger partial charge in [-0.1, -0.05) is 13.8 Å². The Kier molecular flexibility index (Phi) is 5.92. The van der Waals surface area contributed by atoms with Crippen molar-refractivity contribution < 1.29 is 9.13 Å². The first kappa shape index (κ1) is 14.5. The van der Waals surface area contributed by atoms with Crippen LogP contribution < -0.4 is 10.1 Å². The number of hydrogen-bond donors (Lipinski definition) is 1. The van der Waals surface area contributed by atoms with E-state index in [2.05, 4.69) is 35.1 Å². The molecule has 0 aliphatic carbocycles. The first-order valence-corrected chi connectivity index (χ1v) is 6.60. The van der Waals surface area contributed by atoms with Crippen LogP contribution in [0, 0.1) is 11.7 Å². The van der Waals surface area contributed by atoms with Gasteiger partial charge in [-0.3, -0.25) is 0 Å². The van der Waals surface area contributed by atoms with Crippen LogP contribution in [0.4, 0.5) is 4.39 Å². The van der Waals surface area contributed by atoms with Crippen LogP contribution in [0.25, 0.3) is 0 Å². The molecule has 1 unspecified atom stereocenters. The van der Waals surface area contributed by atoms with Crippen molar-refractivity contribution in [3.05, 3.63) is 28.5 Å². The number of nitrogens with one attached hydrogen (secondary N) is 1. The van der Waals surface area contributed by atoms with Gasteiger partial charge in [-0.25, -0.2) is 4.39 Å². The van der Waals surface area contributed by atoms with Crippen LogP contribution in [0.1, 0.15) is 20.8 Å². The van der Waals surface area contributed by atoms with Crippen LogP contribution >= 0.6 is 15.9 Å². The maximum Gasteiger partial charge on any atom is 0.137 e. The Hall–Kier alpha value is -0.610. The predicted molar refractivity (Wildman–Crippen MR) is 71.9 cm³/mol. The van der Waals surface area contributed by atoms with Crippen molar-refractivity contribution >= 4 is 15.9 Å². The van der Waals surface area contributed by atoms with E-state index in [1.807, 2.05) is 6.92 Å². The minimum atomic E-state index is -0.275. The molecule has 1 N–H and O–H groups in total. The van der Waals surface area contributed by atoms with E-state index in [4.69, 9.17) is 4.74 Å². The summed E-state index contributed by atoms with van der Waals surface area (Å²) < 4.78 is 19.1. The predicted octanol–water partition coefficient (Wildman–Crippen LogP) is 3.60.